The number of aromatic nitrogens is 2. The summed E-state index contributed by atoms with van der Waals surface area (Å²) in [6, 6.07) is 10.6. The molecule has 0 unspecified atom stereocenters. The van der Waals surface area contributed by atoms with Crippen molar-refractivity contribution < 1.29 is 4.79 Å². The summed E-state index contributed by atoms with van der Waals surface area (Å²) < 4.78 is 0. The van der Waals surface area contributed by atoms with E-state index in [2.05, 4.69) is 40.2 Å². The minimum Gasteiger partial charge on any atom is -0.339 e. The Morgan fingerprint density at radius 2 is 1.86 bits per heavy atom. The first kappa shape index (κ1) is 19.1. The Bertz CT molecular complexity index is 802. The summed E-state index contributed by atoms with van der Waals surface area (Å²) >= 11 is 0. The average Bonchev–Trinajstić information content (AvgIpc) is 2.75. The van der Waals surface area contributed by atoms with E-state index < -0.39 is 0 Å². The fraction of sp³-hybridized carbons (Fsp3) is 0.522. The van der Waals surface area contributed by atoms with Crippen LogP contribution in [0.5, 0.6) is 0 Å². The summed E-state index contributed by atoms with van der Waals surface area (Å²) in [6.07, 6.45) is 7.47. The summed E-state index contributed by atoms with van der Waals surface area (Å²) in [4.78, 5) is 26.7. The minimum absolute atomic E-state index is 0.0955. The van der Waals surface area contributed by atoms with Crippen LogP contribution in [-0.4, -0.2) is 51.9 Å². The standard InChI is InChI=1S/C23H30N4O/c1-18-21(23(28)27-13-6-3-7-14-27)15-24-22(25-18)20-11-8-12-26(17-20)16-19-9-4-2-5-10-19/h2,4-5,9-10,15,20H,3,6-8,11-14,16-17H2,1H3/t20-/m0/s1. The van der Waals surface area contributed by atoms with E-state index in [1.165, 1.54) is 12.0 Å². The molecule has 1 atom stereocenters. The van der Waals surface area contributed by atoms with E-state index in [1.807, 2.05) is 11.8 Å². The molecule has 0 aliphatic carbocycles. The number of likely N-dealkylation sites (tertiary alicyclic amines) is 2. The largest absolute Gasteiger partial charge is 0.339 e. The van der Waals surface area contributed by atoms with Gasteiger partial charge in [-0.1, -0.05) is 30.3 Å². The van der Waals surface area contributed by atoms with Crippen LogP contribution in [0.3, 0.4) is 0 Å². The normalized spacial score (nSPS) is 20.9. The Balaban J connectivity index is 1.43. The summed E-state index contributed by atoms with van der Waals surface area (Å²) in [5.41, 5.74) is 2.84. The molecule has 2 aliphatic rings. The molecular weight excluding hydrogens is 348 g/mol. The first-order valence-electron chi connectivity index (χ1n) is 10.6. The highest BCUT2D eigenvalue weighted by atomic mass is 16.2. The molecule has 0 N–H and O–H groups in total. The zero-order valence-electron chi connectivity index (χ0n) is 16.8. The topological polar surface area (TPSA) is 49.3 Å². The van der Waals surface area contributed by atoms with E-state index >= 15 is 0 Å². The Hall–Kier alpha value is -2.27. The molecule has 5 nitrogen and oxygen atoms in total. The molecule has 0 radical (unpaired) electrons. The van der Waals surface area contributed by atoms with Crippen LogP contribution in [0.2, 0.25) is 0 Å². The summed E-state index contributed by atoms with van der Waals surface area (Å²) in [5.74, 6) is 1.33. The molecule has 3 heterocycles. The predicted molar refractivity (Wildman–Crippen MR) is 110 cm³/mol. The molecule has 4 rings (SSSR count). The van der Waals surface area contributed by atoms with Gasteiger partial charge in [0.1, 0.15) is 5.82 Å². The molecule has 1 aromatic carbocycles. The Morgan fingerprint density at radius 3 is 2.61 bits per heavy atom. The fourth-order valence-electron chi connectivity index (χ4n) is 4.41. The van der Waals surface area contributed by atoms with Crippen LogP contribution in [0, 0.1) is 6.92 Å². The second-order valence-electron chi connectivity index (χ2n) is 8.14. The highest BCUT2D eigenvalue weighted by molar-refractivity contribution is 5.95. The lowest BCUT2D eigenvalue weighted by Gasteiger charge is -2.32. The van der Waals surface area contributed by atoms with Crippen LogP contribution in [0.4, 0.5) is 0 Å². The van der Waals surface area contributed by atoms with E-state index in [0.29, 0.717) is 11.5 Å². The lowest BCUT2D eigenvalue weighted by molar-refractivity contribution is 0.0722. The van der Waals surface area contributed by atoms with Gasteiger partial charge >= 0.3 is 0 Å². The third-order valence-corrected chi connectivity index (χ3v) is 5.99. The van der Waals surface area contributed by atoms with Crippen LogP contribution in [0.15, 0.2) is 36.5 Å². The van der Waals surface area contributed by atoms with Crippen molar-refractivity contribution in [2.24, 2.45) is 0 Å². The number of carbonyl (C=O) groups excluding carboxylic acids is 1. The van der Waals surface area contributed by atoms with Crippen LogP contribution >= 0.6 is 0 Å². The molecule has 2 aromatic rings. The van der Waals surface area contributed by atoms with E-state index in [1.54, 1.807) is 6.20 Å². The van der Waals surface area contributed by atoms with Crippen molar-refractivity contribution in [1.82, 2.24) is 19.8 Å². The second-order valence-corrected chi connectivity index (χ2v) is 8.14. The molecule has 5 heteroatoms. The highest BCUT2D eigenvalue weighted by Crippen LogP contribution is 2.26. The first-order valence-corrected chi connectivity index (χ1v) is 10.6. The quantitative estimate of drug-likeness (QED) is 0.812. The number of amides is 1. The maximum Gasteiger partial charge on any atom is 0.257 e. The molecule has 2 saturated heterocycles. The van der Waals surface area contributed by atoms with Gasteiger partial charge in [-0.05, 0) is 51.1 Å². The number of benzene rings is 1. The molecule has 1 amide bonds. The minimum atomic E-state index is 0.0955. The number of hydrogen-bond donors (Lipinski definition) is 0. The monoisotopic (exact) mass is 378 g/mol. The molecule has 0 bridgehead atoms. The van der Waals surface area contributed by atoms with Crippen molar-refractivity contribution in [3.8, 4) is 0 Å². The molecule has 0 saturated carbocycles. The molecule has 2 aliphatic heterocycles. The number of carbonyl (C=O) groups is 1. The van der Waals surface area contributed by atoms with Gasteiger partial charge in [0.2, 0.25) is 0 Å². The van der Waals surface area contributed by atoms with Gasteiger partial charge in [-0.3, -0.25) is 9.69 Å². The van der Waals surface area contributed by atoms with Crippen molar-refractivity contribution in [2.45, 2.75) is 51.5 Å². The molecular formula is C23H30N4O. The van der Waals surface area contributed by atoms with E-state index in [9.17, 15) is 4.79 Å². The Kier molecular flexibility index (Phi) is 6.01. The Labute approximate surface area is 167 Å². The van der Waals surface area contributed by atoms with Crippen molar-refractivity contribution >= 4 is 5.91 Å². The SMILES string of the molecule is Cc1nc([C@H]2CCCN(Cc3ccccc3)C2)ncc1C(=O)N1CCCCC1. The van der Waals surface area contributed by atoms with Gasteiger partial charge in [0.05, 0.1) is 11.3 Å². The zero-order valence-corrected chi connectivity index (χ0v) is 16.8. The average molecular weight is 379 g/mol. The number of nitrogens with zero attached hydrogens (tertiary/aromatic N) is 4. The maximum absolute atomic E-state index is 12.8. The van der Waals surface area contributed by atoms with Gasteiger partial charge < -0.3 is 4.90 Å². The molecule has 1 aromatic heterocycles. The van der Waals surface area contributed by atoms with Gasteiger partial charge in [-0.15, -0.1) is 0 Å². The lowest BCUT2D eigenvalue weighted by Crippen LogP contribution is -2.36. The van der Waals surface area contributed by atoms with E-state index in [-0.39, 0.29) is 5.91 Å². The van der Waals surface area contributed by atoms with Crippen LogP contribution in [0.25, 0.3) is 0 Å². The maximum atomic E-state index is 12.8. The summed E-state index contributed by atoms with van der Waals surface area (Å²) in [5, 5.41) is 0. The van der Waals surface area contributed by atoms with E-state index in [0.717, 1.165) is 69.9 Å². The predicted octanol–water partition coefficient (Wildman–Crippen LogP) is 3.79. The molecule has 0 spiro atoms. The highest BCUT2D eigenvalue weighted by Gasteiger charge is 2.26. The van der Waals surface area contributed by atoms with Gasteiger partial charge in [-0.2, -0.15) is 0 Å². The van der Waals surface area contributed by atoms with Gasteiger partial charge in [0.15, 0.2) is 0 Å². The van der Waals surface area contributed by atoms with E-state index in [4.69, 9.17) is 4.98 Å². The fourth-order valence-corrected chi connectivity index (χ4v) is 4.41. The third kappa shape index (κ3) is 4.41. The van der Waals surface area contributed by atoms with Crippen LogP contribution in [-0.2, 0) is 6.54 Å². The van der Waals surface area contributed by atoms with Crippen molar-refractivity contribution in [1.29, 1.82) is 0 Å². The smallest absolute Gasteiger partial charge is 0.257 e. The third-order valence-electron chi connectivity index (χ3n) is 5.99. The number of rotatable bonds is 4. The number of hydrogen-bond acceptors (Lipinski definition) is 4. The second kappa shape index (κ2) is 8.82. The lowest BCUT2D eigenvalue weighted by atomic mass is 9.96. The summed E-state index contributed by atoms with van der Waals surface area (Å²) in [7, 11) is 0. The molecule has 148 valence electrons. The van der Waals surface area contributed by atoms with Crippen LogP contribution in [0.1, 0.15) is 65.5 Å². The summed E-state index contributed by atoms with van der Waals surface area (Å²) in [6.45, 7) is 6.74. The van der Waals surface area contributed by atoms with Gasteiger partial charge in [0, 0.05) is 38.3 Å². The number of aryl methyl sites for hydroxylation is 1. The van der Waals surface area contributed by atoms with Crippen molar-refractivity contribution in [2.75, 3.05) is 26.2 Å². The van der Waals surface area contributed by atoms with Crippen molar-refractivity contribution in [3.05, 3.63) is 59.2 Å². The molecule has 2 fully saturated rings. The van der Waals surface area contributed by atoms with Gasteiger partial charge in [0.25, 0.3) is 5.91 Å². The zero-order chi connectivity index (χ0) is 19.3. The number of piperidine rings is 2. The van der Waals surface area contributed by atoms with Gasteiger partial charge in [-0.25, -0.2) is 9.97 Å². The first-order chi connectivity index (χ1) is 13.7. The van der Waals surface area contributed by atoms with Crippen LogP contribution < -0.4 is 0 Å². The Morgan fingerprint density at radius 1 is 1.07 bits per heavy atom. The van der Waals surface area contributed by atoms with Crippen molar-refractivity contribution in [3.63, 3.8) is 0 Å². The molecule has 28 heavy (non-hydrogen) atoms.